The topological polar surface area (TPSA) is 37.8 Å². The van der Waals surface area contributed by atoms with Crippen LogP contribution in [0.25, 0.3) is 0 Å². The summed E-state index contributed by atoms with van der Waals surface area (Å²) < 4.78 is 0. The summed E-state index contributed by atoms with van der Waals surface area (Å²) >= 11 is 0. The summed E-state index contributed by atoms with van der Waals surface area (Å²) in [6, 6.07) is 0. The maximum atomic E-state index is 4.70. The Morgan fingerprint density at radius 1 is 1.10 bits per heavy atom. The van der Waals surface area contributed by atoms with Gasteiger partial charge in [0, 0.05) is 22.8 Å². The van der Waals surface area contributed by atoms with Gasteiger partial charge in [-0.1, -0.05) is 13.8 Å². The van der Waals surface area contributed by atoms with Crippen molar-refractivity contribution in [3.63, 3.8) is 0 Å². The molecule has 20 heavy (non-hydrogen) atoms. The Hall–Kier alpha value is -0.960. The molecular formula is C17H31N3. The van der Waals surface area contributed by atoms with Gasteiger partial charge in [-0.25, -0.2) is 9.97 Å². The second-order valence-corrected chi connectivity index (χ2v) is 6.82. The van der Waals surface area contributed by atoms with E-state index in [1.54, 1.807) is 0 Å². The van der Waals surface area contributed by atoms with Crippen LogP contribution >= 0.6 is 0 Å². The third-order valence-corrected chi connectivity index (χ3v) is 3.75. The predicted octanol–water partition coefficient (Wildman–Crippen LogP) is 3.93. The zero-order valence-electron chi connectivity index (χ0n) is 14.3. The van der Waals surface area contributed by atoms with E-state index >= 15 is 0 Å². The normalized spacial score (nSPS) is 13.6. The highest BCUT2D eigenvalue weighted by Crippen LogP contribution is 2.19. The SMILES string of the molecule is CCC(C)c1nc(C)c(CCCNC(C)(C)C)c(C)n1. The average molecular weight is 277 g/mol. The predicted molar refractivity (Wildman–Crippen MR) is 86.3 cm³/mol. The van der Waals surface area contributed by atoms with Crippen molar-refractivity contribution in [1.82, 2.24) is 15.3 Å². The molecule has 0 saturated heterocycles. The number of aryl methyl sites for hydroxylation is 2. The fourth-order valence-corrected chi connectivity index (χ4v) is 2.26. The van der Waals surface area contributed by atoms with E-state index in [1.165, 1.54) is 5.56 Å². The zero-order valence-corrected chi connectivity index (χ0v) is 14.3. The van der Waals surface area contributed by atoms with Gasteiger partial charge in [-0.2, -0.15) is 0 Å². The molecule has 0 amide bonds. The van der Waals surface area contributed by atoms with Crippen molar-refractivity contribution in [2.24, 2.45) is 0 Å². The van der Waals surface area contributed by atoms with Crippen LogP contribution in [0, 0.1) is 13.8 Å². The van der Waals surface area contributed by atoms with Crippen LogP contribution in [0.3, 0.4) is 0 Å². The number of nitrogens with one attached hydrogen (secondary N) is 1. The van der Waals surface area contributed by atoms with Gasteiger partial charge in [0.05, 0.1) is 0 Å². The van der Waals surface area contributed by atoms with E-state index < -0.39 is 0 Å². The van der Waals surface area contributed by atoms with E-state index in [0.29, 0.717) is 5.92 Å². The average Bonchev–Trinajstić information content (AvgIpc) is 2.34. The molecule has 1 aromatic heterocycles. The first-order valence-electron chi connectivity index (χ1n) is 7.83. The quantitative estimate of drug-likeness (QED) is 0.801. The van der Waals surface area contributed by atoms with E-state index in [2.05, 4.69) is 53.8 Å². The molecule has 0 aromatic carbocycles. The van der Waals surface area contributed by atoms with Crippen LogP contribution in [0.2, 0.25) is 0 Å². The van der Waals surface area contributed by atoms with Gasteiger partial charge in [0.2, 0.25) is 0 Å². The molecule has 0 aliphatic rings. The van der Waals surface area contributed by atoms with Crippen LogP contribution in [0.15, 0.2) is 0 Å². The van der Waals surface area contributed by atoms with Crippen LogP contribution in [0.5, 0.6) is 0 Å². The summed E-state index contributed by atoms with van der Waals surface area (Å²) in [5.74, 6) is 1.45. The maximum absolute atomic E-state index is 4.70. The summed E-state index contributed by atoms with van der Waals surface area (Å²) in [7, 11) is 0. The Kier molecular flexibility index (Phi) is 6.12. The second-order valence-electron chi connectivity index (χ2n) is 6.82. The molecule has 1 N–H and O–H groups in total. The minimum Gasteiger partial charge on any atom is -0.312 e. The monoisotopic (exact) mass is 277 g/mol. The Morgan fingerprint density at radius 2 is 1.65 bits per heavy atom. The highest BCUT2D eigenvalue weighted by molar-refractivity contribution is 5.25. The Balaban J connectivity index is 2.67. The van der Waals surface area contributed by atoms with Crippen LogP contribution in [-0.4, -0.2) is 22.1 Å². The molecule has 0 aliphatic heterocycles. The molecule has 1 rings (SSSR count). The number of hydrogen-bond donors (Lipinski definition) is 1. The largest absolute Gasteiger partial charge is 0.312 e. The molecule has 1 atom stereocenters. The molecule has 0 radical (unpaired) electrons. The lowest BCUT2D eigenvalue weighted by Gasteiger charge is -2.20. The number of hydrogen-bond acceptors (Lipinski definition) is 3. The van der Waals surface area contributed by atoms with Crippen molar-refractivity contribution in [2.45, 2.75) is 79.2 Å². The highest BCUT2D eigenvalue weighted by atomic mass is 14.9. The van der Waals surface area contributed by atoms with Crippen molar-refractivity contribution in [2.75, 3.05) is 6.54 Å². The first kappa shape index (κ1) is 17.1. The van der Waals surface area contributed by atoms with Crippen LogP contribution in [-0.2, 0) is 6.42 Å². The molecule has 0 aliphatic carbocycles. The molecule has 1 unspecified atom stereocenters. The number of rotatable bonds is 6. The lowest BCUT2D eigenvalue weighted by molar-refractivity contribution is 0.422. The zero-order chi connectivity index (χ0) is 15.3. The van der Waals surface area contributed by atoms with Crippen molar-refractivity contribution >= 4 is 0 Å². The van der Waals surface area contributed by atoms with Crippen molar-refractivity contribution in [1.29, 1.82) is 0 Å². The van der Waals surface area contributed by atoms with Crippen LogP contribution in [0.1, 0.15) is 76.2 Å². The molecule has 0 spiro atoms. The van der Waals surface area contributed by atoms with E-state index in [4.69, 9.17) is 9.97 Å². The summed E-state index contributed by atoms with van der Waals surface area (Å²) in [5.41, 5.74) is 3.83. The second kappa shape index (κ2) is 7.16. The van der Waals surface area contributed by atoms with Gasteiger partial charge in [0.15, 0.2) is 0 Å². The van der Waals surface area contributed by atoms with Gasteiger partial charge in [-0.3, -0.25) is 0 Å². The molecule has 0 bridgehead atoms. The van der Waals surface area contributed by atoms with E-state index in [0.717, 1.165) is 43.0 Å². The van der Waals surface area contributed by atoms with Crippen molar-refractivity contribution in [3.8, 4) is 0 Å². The number of nitrogens with zero attached hydrogens (tertiary/aromatic N) is 2. The van der Waals surface area contributed by atoms with E-state index in [-0.39, 0.29) is 5.54 Å². The van der Waals surface area contributed by atoms with Gasteiger partial charge < -0.3 is 5.32 Å². The fraction of sp³-hybridized carbons (Fsp3) is 0.765. The lowest BCUT2D eigenvalue weighted by Crippen LogP contribution is -2.36. The van der Waals surface area contributed by atoms with Gasteiger partial charge in [-0.15, -0.1) is 0 Å². The summed E-state index contributed by atoms with van der Waals surface area (Å²) in [6.45, 7) is 16.3. The summed E-state index contributed by atoms with van der Waals surface area (Å²) in [5, 5.41) is 3.53. The van der Waals surface area contributed by atoms with E-state index in [1.807, 2.05) is 0 Å². The number of aromatic nitrogens is 2. The highest BCUT2D eigenvalue weighted by Gasteiger charge is 2.13. The molecule has 0 saturated carbocycles. The summed E-state index contributed by atoms with van der Waals surface area (Å²) in [4.78, 5) is 9.40. The smallest absolute Gasteiger partial charge is 0.131 e. The summed E-state index contributed by atoms with van der Waals surface area (Å²) in [6.07, 6.45) is 3.28. The first-order valence-corrected chi connectivity index (χ1v) is 7.83. The van der Waals surface area contributed by atoms with Gasteiger partial charge in [-0.05, 0) is 66.0 Å². The molecule has 1 aromatic rings. The molecule has 0 fully saturated rings. The molecular weight excluding hydrogens is 246 g/mol. The van der Waals surface area contributed by atoms with Crippen molar-refractivity contribution in [3.05, 3.63) is 22.8 Å². The molecule has 114 valence electrons. The minimum atomic E-state index is 0.195. The fourth-order valence-electron chi connectivity index (χ4n) is 2.26. The molecule has 3 nitrogen and oxygen atoms in total. The van der Waals surface area contributed by atoms with Crippen LogP contribution < -0.4 is 5.32 Å². The standard InChI is InChI=1S/C17H31N3/c1-8-12(2)16-19-13(3)15(14(4)20-16)10-9-11-18-17(5,6)7/h12,18H,8-11H2,1-7H3. The Labute approximate surface area is 124 Å². The van der Waals surface area contributed by atoms with Gasteiger partial charge >= 0.3 is 0 Å². The third kappa shape index (κ3) is 5.20. The molecule has 1 heterocycles. The lowest BCUT2D eigenvalue weighted by atomic mass is 10.0. The first-order chi connectivity index (χ1) is 9.24. The Bertz CT molecular complexity index is 409. The Morgan fingerprint density at radius 3 is 2.10 bits per heavy atom. The molecule has 3 heteroatoms. The minimum absolute atomic E-state index is 0.195. The third-order valence-electron chi connectivity index (χ3n) is 3.75. The van der Waals surface area contributed by atoms with Crippen molar-refractivity contribution < 1.29 is 0 Å². The van der Waals surface area contributed by atoms with Crippen LogP contribution in [0.4, 0.5) is 0 Å². The van der Waals surface area contributed by atoms with E-state index in [9.17, 15) is 0 Å². The van der Waals surface area contributed by atoms with Gasteiger partial charge in [0.25, 0.3) is 0 Å². The van der Waals surface area contributed by atoms with Gasteiger partial charge in [0.1, 0.15) is 5.82 Å². The maximum Gasteiger partial charge on any atom is 0.131 e.